The highest BCUT2D eigenvalue weighted by atomic mass is 16.6. The van der Waals surface area contributed by atoms with Crippen LogP contribution in [0.25, 0.3) is 11.3 Å². The molecule has 0 bridgehead atoms. The second kappa shape index (κ2) is 6.07. The van der Waals surface area contributed by atoms with Crippen LogP contribution in [0, 0.1) is 0 Å². The molecule has 5 nitrogen and oxygen atoms in total. The summed E-state index contributed by atoms with van der Waals surface area (Å²) < 4.78 is 11.1. The lowest BCUT2D eigenvalue weighted by molar-refractivity contribution is 0.0204. The maximum atomic E-state index is 12.4. The molecule has 0 saturated carbocycles. The number of ether oxygens (including phenoxy) is 1. The molecule has 2 heterocycles. The Kier molecular flexibility index (Phi) is 4.11. The van der Waals surface area contributed by atoms with Crippen molar-refractivity contribution in [2.75, 3.05) is 6.54 Å². The normalized spacial score (nSPS) is 18.2. The summed E-state index contributed by atoms with van der Waals surface area (Å²) in [5.41, 5.74) is 1.29. The van der Waals surface area contributed by atoms with Crippen LogP contribution >= 0.6 is 0 Å². The minimum Gasteiger partial charge on any atom is -0.446 e. The van der Waals surface area contributed by atoms with Crippen LogP contribution in [-0.4, -0.2) is 28.1 Å². The van der Waals surface area contributed by atoms with Crippen molar-refractivity contribution in [3.8, 4) is 11.3 Å². The van der Waals surface area contributed by atoms with Crippen molar-refractivity contribution >= 4 is 6.09 Å². The van der Waals surface area contributed by atoms with Crippen LogP contribution in [0.4, 0.5) is 4.79 Å². The van der Waals surface area contributed by atoms with Gasteiger partial charge in [0.1, 0.15) is 23.6 Å². The van der Waals surface area contributed by atoms with Gasteiger partial charge in [-0.3, -0.25) is 4.90 Å². The maximum absolute atomic E-state index is 12.4. The summed E-state index contributed by atoms with van der Waals surface area (Å²) in [5, 5.41) is 0. The summed E-state index contributed by atoms with van der Waals surface area (Å²) in [5.74, 6) is 0.576. The van der Waals surface area contributed by atoms with Crippen LogP contribution in [0.1, 0.15) is 45.5 Å². The average molecular weight is 314 g/mol. The number of hydrogen-bond donors (Lipinski definition) is 0. The Morgan fingerprint density at radius 1 is 1.30 bits per heavy atom. The summed E-state index contributed by atoms with van der Waals surface area (Å²) in [6.45, 7) is 6.28. The molecule has 1 atom stereocenters. The molecule has 2 aromatic rings. The van der Waals surface area contributed by atoms with Crippen LogP contribution in [0.5, 0.6) is 0 Å². The van der Waals surface area contributed by atoms with E-state index >= 15 is 0 Å². The molecule has 0 radical (unpaired) electrons. The summed E-state index contributed by atoms with van der Waals surface area (Å²) >= 11 is 0. The zero-order valence-corrected chi connectivity index (χ0v) is 13.8. The first-order valence-electron chi connectivity index (χ1n) is 7.94. The molecule has 1 fully saturated rings. The Morgan fingerprint density at radius 3 is 2.74 bits per heavy atom. The van der Waals surface area contributed by atoms with Gasteiger partial charge in [-0.15, -0.1) is 0 Å². The topological polar surface area (TPSA) is 55.6 Å². The Labute approximate surface area is 136 Å². The van der Waals surface area contributed by atoms with Crippen molar-refractivity contribution in [3.63, 3.8) is 0 Å². The van der Waals surface area contributed by atoms with E-state index in [0.717, 1.165) is 24.1 Å². The Morgan fingerprint density at radius 2 is 2.04 bits per heavy atom. The van der Waals surface area contributed by atoms with Crippen molar-refractivity contribution in [1.82, 2.24) is 9.88 Å². The zero-order chi connectivity index (χ0) is 16.4. The van der Waals surface area contributed by atoms with Gasteiger partial charge in [0.25, 0.3) is 0 Å². The molecule has 1 saturated heterocycles. The first kappa shape index (κ1) is 15.6. The van der Waals surface area contributed by atoms with Crippen LogP contribution in [0.2, 0.25) is 0 Å². The third-order valence-electron chi connectivity index (χ3n) is 3.76. The molecule has 0 N–H and O–H groups in total. The number of amides is 1. The van der Waals surface area contributed by atoms with Crippen molar-refractivity contribution in [1.29, 1.82) is 0 Å². The standard InChI is InChI=1S/C18H22N2O3/c1-18(2,3)23-17(21)20-11-7-10-15(20)16-19-14(12-22-16)13-8-5-4-6-9-13/h4-6,8-9,12,15H,7,10-11H2,1-3H3. The fourth-order valence-electron chi connectivity index (χ4n) is 2.74. The van der Waals surface area contributed by atoms with Crippen LogP contribution in [0.3, 0.4) is 0 Å². The third kappa shape index (κ3) is 3.55. The molecule has 0 spiro atoms. The van der Waals surface area contributed by atoms with Gasteiger partial charge in [-0.25, -0.2) is 9.78 Å². The molecule has 3 rings (SSSR count). The van der Waals surface area contributed by atoms with E-state index in [4.69, 9.17) is 9.15 Å². The van der Waals surface area contributed by atoms with E-state index in [-0.39, 0.29) is 12.1 Å². The van der Waals surface area contributed by atoms with E-state index in [1.807, 2.05) is 51.1 Å². The molecule has 23 heavy (non-hydrogen) atoms. The quantitative estimate of drug-likeness (QED) is 0.823. The Bertz CT molecular complexity index is 673. The summed E-state index contributed by atoms with van der Waals surface area (Å²) in [6, 6.07) is 9.72. The van der Waals surface area contributed by atoms with Crippen molar-refractivity contribution in [2.24, 2.45) is 0 Å². The molecular weight excluding hydrogens is 292 g/mol. The number of nitrogens with zero attached hydrogens (tertiary/aromatic N) is 2. The largest absolute Gasteiger partial charge is 0.446 e. The predicted octanol–water partition coefficient (Wildman–Crippen LogP) is 4.41. The van der Waals surface area contributed by atoms with Crippen LogP contribution < -0.4 is 0 Å². The number of likely N-dealkylation sites (tertiary alicyclic amines) is 1. The fraction of sp³-hybridized carbons (Fsp3) is 0.444. The van der Waals surface area contributed by atoms with E-state index in [1.165, 1.54) is 0 Å². The van der Waals surface area contributed by atoms with Gasteiger partial charge >= 0.3 is 6.09 Å². The molecule has 1 aliphatic heterocycles. The highest BCUT2D eigenvalue weighted by molar-refractivity contribution is 5.69. The minimum absolute atomic E-state index is 0.151. The summed E-state index contributed by atoms with van der Waals surface area (Å²) in [7, 11) is 0. The molecular formula is C18H22N2O3. The van der Waals surface area contributed by atoms with Gasteiger partial charge in [0.15, 0.2) is 0 Å². The van der Waals surface area contributed by atoms with Crippen molar-refractivity contribution < 1.29 is 13.9 Å². The number of benzene rings is 1. The van der Waals surface area contributed by atoms with Gasteiger partial charge in [0.2, 0.25) is 5.89 Å². The molecule has 1 unspecified atom stereocenters. The lowest BCUT2D eigenvalue weighted by Gasteiger charge is -2.27. The number of carbonyl (C=O) groups excluding carboxylic acids is 1. The van der Waals surface area contributed by atoms with Gasteiger partial charge in [-0.2, -0.15) is 0 Å². The van der Waals surface area contributed by atoms with Crippen molar-refractivity contribution in [3.05, 3.63) is 42.5 Å². The highest BCUT2D eigenvalue weighted by Crippen LogP contribution is 2.34. The summed E-state index contributed by atoms with van der Waals surface area (Å²) in [6.07, 6.45) is 3.11. The molecule has 122 valence electrons. The van der Waals surface area contributed by atoms with Gasteiger partial charge < -0.3 is 9.15 Å². The minimum atomic E-state index is -0.504. The van der Waals surface area contributed by atoms with Gasteiger partial charge in [0.05, 0.1) is 0 Å². The van der Waals surface area contributed by atoms with Gasteiger partial charge in [-0.05, 0) is 33.6 Å². The van der Waals surface area contributed by atoms with E-state index < -0.39 is 5.60 Å². The lowest BCUT2D eigenvalue weighted by atomic mass is 10.2. The first-order chi connectivity index (χ1) is 10.9. The highest BCUT2D eigenvalue weighted by Gasteiger charge is 2.36. The monoisotopic (exact) mass is 314 g/mol. The number of hydrogen-bond acceptors (Lipinski definition) is 4. The molecule has 1 aromatic carbocycles. The second-order valence-corrected chi connectivity index (χ2v) is 6.77. The fourth-order valence-corrected chi connectivity index (χ4v) is 2.74. The van der Waals surface area contributed by atoms with Crippen molar-refractivity contribution in [2.45, 2.75) is 45.3 Å². The van der Waals surface area contributed by atoms with E-state index in [2.05, 4.69) is 4.98 Å². The van der Waals surface area contributed by atoms with Crippen LogP contribution in [0.15, 0.2) is 41.0 Å². The third-order valence-corrected chi connectivity index (χ3v) is 3.76. The molecule has 1 amide bonds. The lowest BCUT2D eigenvalue weighted by Crippen LogP contribution is -2.36. The number of carbonyl (C=O) groups is 1. The second-order valence-electron chi connectivity index (χ2n) is 6.77. The SMILES string of the molecule is CC(C)(C)OC(=O)N1CCCC1c1nc(-c2ccccc2)co1. The summed E-state index contributed by atoms with van der Waals surface area (Å²) in [4.78, 5) is 18.6. The Hall–Kier alpha value is -2.30. The molecule has 1 aromatic heterocycles. The zero-order valence-electron chi connectivity index (χ0n) is 13.8. The molecule has 1 aliphatic rings. The van der Waals surface area contributed by atoms with Gasteiger partial charge in [-0.1, -0.05) is 30.3 Å². The average Bonchev–Trinajstić information content (AvgIpc) is 3.15. The smallest absolute Gasteiger partial charge is 0.410 e. The number of aromatic nitrogens is 1. The first-order valence-corrected chi connectivity index (χ1v) is 7.94. The predicted molar refractivity (Wildman–Crippen MR) is 86.9 cm³/mol. The van der Waals surface area contributed by atoms with Gasteiger partial charge in [0, 0.05) is 12.1 Å². The molecule has 5 heteroatoms. The maximum Gasteiger partial charge on any atom is 0.410 e. The van der Waals surface area contributed by atoms with E-state index in [9.17, 15) is 4.79 Å². The number of oxazole rings is 1. The van der Waals surface area contributed by atoms with Crippen LogP contribution in [-0.2, 0) is 4.74 Å². The Balaban J connectivity index is 1.78. The number of rotatable bonds is 2. The molecule has 0 aliphatic carbocycles. The van der Waals surface area contributed by atoms with E-state index in [0.29, 0.717) is 12.4 Å². The van der Waals surface area contributed by atoms with E-state index in [1.54, 1.807) is 11.2 Å².